The molecule has 0 heterocycles. The Morgan fingerprint density at radius 3 is 1.10 bits per heavy atom. The van der Waals surface area contributed by atoms with Crippen molar-refractivity contribution in [2.45, 2.75) is 24.9 Å². The third-order valence-corrected chi connectivity index (χ3v) is 8.76. The van der Waals surface area contributed by atoms with Crippen molar-refractivity contribution in [3.05, 3.63) is 107 Å². The number of aliphatic carboxylic acids is 4. The summed E-state index contributed by atoms with van der Waals surface area (Å²) in [6.45, 7) is -0.206. The van der Waals surface area contributed by atoms with Gasteiger partial charge in [-0.15, -0.1) is 0 Å². The van der Waals surface area contributed by atoms with Crippen LogP contribution < -0.4 is 52.5 Å². The summed E-state index contributed by atoms with van der Waals surface area (Å²) in [6, 6.07) is 14.9. The molecule has 26 heteroatoms. The lowest BCUT2D eigenvalue weighted by Gasteiger charge is -2.15. The molecule has 0 fully saturated rings. The molecular formula is C44H46N8O18. The zero-order valence-corrected chi connectivity index (χ0v) is 36.6. The number of guanidine groups is 2. The lowest BCUT2D eigenvalue weighted by atomic mass is 10.1. The first-order valence-electron chi connectivity index (χ1n) is 20.3. The van der Waals surface area contributed by atoms with Crippen LogP contribution in [0.15, 0.2) is 94.9 Å². The molecule has 0 aliphatic rings. The average molecular weight is 975 g/mol. The molecule has 0 unspecified atom stereocenters. The van der Waals surface area contributed by atoms with Gasteiger partial charge in [0.05, 0.1) is 61.8 Å². The van der Waals surface area contributed by atoms with Crippen LogP contribution in [0.5, 0.6) is 23.0 Å². The average Bonchev–Trinajstić information content (AvgIpc) is 3.28. The topological polar surface area (TPSA) is 426 Å². The molecule has 0 aromatic heterocycles. The van der Waals surface area contributed by atoms with Gasteiger partial charge in [-0.05, 0) is 72.8 Å². The van der Waals surface area contributed by atoms with Crippen LogP contribution in [0.1, 0.15) is 54.3 Å². The van der Waals surface area contributed by atoms with Crippen molar-refractivity contribution < 1.29 is 87.2 Å². The molecule has 2 atom stereocenters. The van der Waals surface area contributed by atoms with E-state index in [2.05, 4.69) is 20.6 Å². The summed E-state index contributed by atoms with van der Waals surface area (Å²) in [7, 11) is 0. The maximum Gasteiger partial charge on any atom is 0.343 e. The number of amides is 2. The van der Waals surface area contributed by atoms with Gasteiger partial charge in [-0.25, -0.2) is 29.2 Å². The van der Waals surface area contributed by atoms with Crippen molar-refractivity contribution in [1.82, 2.24) is 10.6 Å². The van der Waals surface area contributed by atoms with Gasteiger partial charge in [0.2, 0.25) is 0 Å². The Labute approximate surface area is 395 Å². The largest absolute Gasteiger partial charge is 0.491 e. The van der Waals surface area contributed by atoms with Crippen LogP contribution in [0.4, 0.5) is 11.4 Å². The van der Waals surface area contributed by atoms with Gasteiger partial charge >= 0.3 is 35.8 Å². The molecule has 0 radical (unpaired) electrons. The van der Waals surface area contributed by atoms with Crippen molar-refractivity contribution in [1.29, 1.82) is 0 Å². The van der Waals surface area contributed by atoms with Crippen LogP contribution in [0.3, 0.4) is 0 Å². The SMILES string of the molecule is NC(N)=Nc1ccc(C(=O)Oc2cc(OCCOCCOCCOc3cc(OC(=O)c4ccc(N=C(N)N)cc4)cc(C(=O)N[C@H](CC(=O)O)C(=O)O)c3)cc(C(=O)N[C@H](CC(=O)O)C(=O)O)c2)cc1. The number of carbonyl (C=O) groups is 8. The van der Waals surface area contributed by atoms with Crippen molar-refractivity contribution in [3.8, 4) is 23.0 Å². The van der Waals surface area contributed by atoms with Crippen molar-refractivity contribution in [2.24, 2.45) is 32.9 Å². The highest BCUT2D eigenvalue weighted by Crippen LogP contribution is 2.27. The van der Waals surface area contributed by atoms with Crippen molar-refractivity contribution in [2.75, 3.05) is 39.6 Å². The molecule has 0 aliphatic carbocycles. The summed E-state index contributed by atoms with van der Waals surface area (Å²) in [4.78, 5) is 105. The van der Waals surface area contributed by atoms with Crippen LogP contribution in [0.2, 0.25) is 0 Å². The number of aliphatic imine (C=N–C) groups is 2. The predicted molar refractivity (Wildman–Crippen MR) is 242 cm³/mol. The van der Waals surface area contributed by atoms with E-state index in [-0.39, 0.29) is 96.8 Å². The van der Waals surface area contributed by atoms with Crippen LogP contribution in [-0.2, 0) is 28.7 Å². The molecule has 4 rings (SSSR count). The Balaban J connectivity index is 1.34. The zero-order valence-electron chi connectivity index (χ0n) is 36.6. The maximum absolute atomic E-state index is 13.1. The van der Waals surface area contributed by atoms with E-state index in [4.69, 9.17) is 61.6 Å². The van der Waals surface area contributed by atoms with Gasteiger partial charge in [-0.2, -0.15) is 0 Å². The summed E-state index contributed by atoms with van der Waals surface area (Å²) < 4.78 is 33.4. The summed E-state index contributed by atoms with van der Waals surface area (Å²) >= 11 is 0. The molecule has 4 aromatic rings. The van der Waals surface area contributed by atoms with Gasteiger partial charge in [0, 0.05) is 23.3 Å². The Hall–Kier alpha value is -9.30. The maximum atomic E-state index is 13.1. The number of ether oxygens (including phenoxy) is 6. The fourth-order valence-electron chi connectivity index (χ4n) is 5.66. The molecule has 4 aromatic carbocycles. The number of hydrogen-bond acceptors (Lipinski definition) is 16. The number of carboxylic acids is 4. The molecule has 0 saturated carbocycles. The predicted octanol–water partition coefficient (Wildman–Crippen LogP) is 0.741. The van der Waals surface area contributed by atoms with Crippen molar-refractivity contribution >= 4 is 70.9 Å². The lowest BCUT2D eigenvalue weighted by molar-refractivity contribution is -0.145. The molecule has 14 N–H and O–H groups in total. The van der Waals surface area contributed by atoms with Gasteiger partial charge in [-0.3, -0.25) is 19.2 Å². The number of carbonyl (C=O) groups excluding carboxylic acids is 4. The van der Waals surface area contributed by atoms with Crippen LogP contribution >= 0.6 is 0 Å². The highest BCUT2D eigenvalue weighted by atomic mass is 16.6. The number of carboxylic acid groups (broad SMARTS) is 4. The van der Waals surface area contributed by atoms with Gasteiger partial charge < -0.3 is 82.4 Å². The second-order valence-electron chi connectivity index (χ2n) is 14.2. The van der Waals surface area contributed by atoms with Gasteiger partial charge in [0.15, 0.2) is 11.9 Å². The number of esters is 2. The van der Waals surface area contributed by atoms with E-state index in [0.29, 0.717) is 11.4 Å². The number of nitrogens with one attached hydrogen (secondary N) is 2. The van der Waals surface area contributed by atoms with E-state index < -0.39 is 72.6 Å². The van der Waals surface area contributed by atoms with Gasteiger partial charge in [0.1, 0.15) is 48.3 Å². The smallest absolute Gasteiger partial charge is 0.343 e. The first-order valence-corrected chi connectivity index (χ1v) is 20.3. The van der Waals surface area contributed by atoms with E-state index in [1.807, 2.05) is 0 Å². The Morgan fingerprint density at radius 1 is 0.457 bits per heavy atom. The molecule has 0 saturated heterocycles. The standard InChI is InChI=1S/C44H46N8O18/c45-43(46)49-27-5-1-23(2-6-27)41(63)69-31-17-25(37(57)51-33(39(59)60)21-35(53)54)15-29(19-31)67-13-11-65-9-10-66-12-14-68-30-16-26(38(58)52-34(40(61)62)22-36(55)56)18-32(20-30)70-42(64)24-3-7-28(8-4-24)50-44(47)48/h1-8,15-20,33-34H,9-14,21-22H2,(H,51,57)(H,52,58)(H,53,54)(H,55,56)(H,59,60)(H,61,62)(H4,45,46,49)(H4,47,48,50)/t33-,34-/m1/s1. The van der Waals surface area contributed by atoms with Gasteiger partial charge in [0.25, 0.3) is 11.8 Å². The number of nitrogens with zero attached hydrogens (tertiary/aromatic N) is 2. The number of nitrogens with two attached hydrogens (primary N) is 4. The van der Waals surface area contributed by atoms with Crippen LogP contribution in [-0.4, -0.2) is 132 Å². The molecule has 0 aliphatic heterocycles. The Bertz CT molecular complexity index is 2440. The summed E-state index contributed by atoms with van der Waals surface area (Å²) in [5.41, 5.74) is 21.9. The number of hydrogen-bond donors (Lipinski definition) is 10. The highest BCUT2D eigenvalue weighted by Gasteiger charge is 2.26. The normalized spacial score (nSPS) is 11.4. The lowest BCUT2D eigenvalue weighted by Crippen LogP contribution is -2.42. The van der Waals surface area contributed by atoms with Gasteiger partial charge in [-0.1, -0.05) is 0 Å². The molecule has 26 nitrogen and oxygen atoms in total. The minimum Gasteiger partial charge on any atom is -0.491 e. The number of benzene rings is 4. The number of rotatable bonds is 27. The molecule has 370 valence electrons. The van der Waals surface area contributed by atoms with E-state index in [1.54, 1.807) is 0 Å². The molecule has 0 bridgehead atoms. The Morgan fingerprint density at radius 2 is 0.786 bits per heavy atom. The van der Waals surface area contributed by atoms with E-state index in [0.717, 1.165) is 12.1 Å². The second kappa shape index (κ2) is 26.1. The Kier molecular flexibility index (Phi) is 19.9. The quantitative estimate of drug-likeness (QED) is 0.0129. The first kappa shape index (κ1) is 53.3. The molecule has 0 spiro atoms. The van der Waals surface area contributed by atoms with Crippen molar-refractivity contribution in [3.63, 3.8) is 0 Å². The first-order chi connectivity index (χ1) is 33.3. The van der Waals surface area contributed by atoms with E-state index in [1.165, 1.54) is 72.8 Å². The fraction of sp³-hybridized carbons (Fsp3) is 0.227. The van der Waals surface area contributed by atoms with E-state index in [9.17, 15) is 48.6 Å². The summed E-state index contributed by atoms with van der Waals surface area (Å²) in [5.74, 6) is -10.7. The fourth-order valence-corrected chi connectivity index (χ4v) is 5.66. The summed E-state index contributed by atoms with van der Waals surface area (Å²) in [6.07, 6.45) is -1.84. The minimum atomic E-state index is -1.79. The second-order valence-corrected chi connectivity index (χ2v) is 14.2. The molecular weight excluding hydrogens is 929 g/mol. The highest BCUT2D eigenvalue weighted by molar-refractivity contribution is 6.00. The molecule has 2 amide bonds. The summed E-state index contributed by atoms with van der Waals surface area (Å²) in [5, 5.41) is 41.2. The molecule has 70 heavy (non-hydrogen) atoms. The zero-order chi connectivity index (χ0) is 51.3. The third-order valence-electron chi connectivity index (χ3n) is 8.76. The van der Waals surface area contributed by atoms with Crippen LogP contribution in [0.25, 0.3) is 0 Å². The third kappa shape index (κ3) is 18.2. The monoisotopic (exact) mass is 974 g/mol. The van der Waals surface area contributed by atoms with Crippen LogP contribution in [0, 0.1) is 0 Å². The minimum absolute atomic E-state index is 0.0136. The van der Waals surface area contributed by atoms with E-state index >= 15 is 0 Å².